The van der Waals surface area contributed by atoms with E-state index in [1.165, 1.54) is 6.20 Å². The molecule has 2 N–H and O–H groups in total. The number of hydrogen-bond acceptors (Lipinski definition) is 4. The lowest BCUT2D eigenvalue weighted by molar-refractivity contribution is 0.102. The van der Waals surface area contributed by atoms with Crippen molar-refractivity contribution in [2.75, 3.05) is 11.9 Å². The molecule has 0 aliphatic rings. The molecule has 1 amide bonds. The van der Waals surface area contributed by atoms with E-state index in [2.05, 4.69) is 10.3 Å². The van der Waals surface area contributed by atoms with E-state index < -0.39 is 0 Å². The lowest BCUT2D eigenvalue weighted by Crippen LogP contribution is -2.13. The number of benzene rings is 1. The molecule has 1 aromatic heterocycles. The van der Waals surface area contributed by atoms with E-state index in [1.54, 1.807) is 37.3 Å². The molecule has 0 saturated carbocycles. The van der Waals surface area contributed by atoms with E-state index >= 15 is 0 Å². The first-order chi connectivity index (χ1) is 9.61. The molecule has 0 spiro atoms. The topological polar surface area (TPSA) is 71.5 Å². The molecule has 5 heteroatoms. The first kappa shape index (κ1) is 13.9. The molecule has 0 bridgehead atoms. The van der Waals surface area contributed by atoms with Gasteiger partial charge in [0.2, 0.25) is 5.88 Å². The lowest BCUT2D eigenvalue weighted by atomic mass is 10.1. The Morgan fingerprint density at radius 3 is 2.80 bits per heavy atom. The maximum absolute atomic E-state index is 12.1. The summed E-state index contributed by atoms with van der Waals surface area (Å²) in [5.74, 6) is 0.325. The van der Waals surface area contributed by atoms with Crippen molar-refractivity contribution in [3.05, 3.63) is 47.7 Å². The van der Waals surface area contributed by atoms with Crippen LogP contribution in [0.25, 0.3) is 0 Å². The van der Waals surface area contributed by atoms with Gasteiger partial charge in [0.05, 0.1) is 18.5 Å². The SMILES string of the molecule is CCOc1ccc(NC(=O)c2cccc(O)c2C)cn1. The first-order valence-corrected chi connectivity index (χ1v) is 6.30. The molecule has 2 rings (SSSR count). The minimum absolute atomic E-state index is 0.0995. The van der Waals surface area contributed by atoms with Crippen LogP contribution >= 0.6 is 0 Å². The van der Waals surface area contributed by atoms with Crippen molar-refractivity contribution in [2.24, 2.45) is 0 Å². The van der Waals surface area contributed by atoms with Gasteiger partial charge >= 0.3 is 0 Å². The number of ether oxygens (including phenoxy) is 1. The van der Waals surface area contributed by atoms with E-state index in [9.17, 15) is 9.90 Å². The number of nitrogens with zero attached hydrogens (tertiary/aromatic N) is 1. The smallest absolute Gasteiger partial charge is 0.256 e. The molecule has 1 aromatic carbocycles. The Hall–Kier alpha value is -2.56. The highest BCUT2D eigenvalue weighted by Crippen LogP contribution is 2.21. The monoisotopic (exact) mass is 272 g/mol. The molecule has 0 atom stereocenters. The molecule has 0 saturated heterocycles. The van der Waals surface area contributed by atoms with Gasteiger partial charge in [-0.25, -0.2) is 4.98 Å². The third kappa shape index (κ3) is 3.06. The highest BCUT2D eigenvalue weighted by molar-refractivity contribution is 6.05. The summed E-state index contributed by atoms with van der Waals surface area (Å²) >= 11 is 0. The van der Waals surface area contributed by atoms with Crippen molar-refractivity contribution in [1.29, 1.82) is 0 Å². The van der Waals surface area contributed by atoms with Crippen LogP contribution in [0.4, 0.5) is 5.69 Å². The molecule has 0 aliphatic carbocycles. The number of carbonyl (C=O) groups excluding carboxylic acids is 1. The van der Waals surface area contributed by atoms with E-state index in [1.807, 2.05) is 6.92 Å². The number of nitrogens with one attached hydrogen (secondary N) is 1. The fourth-order valence-corrected chi connectivity index (χ4v) is 1.76. The van der Waals surface area contributed by atoms with Gasteiger partial charge in [0, 0.05) is 17.2 Å². The van der Waals surface area contributed by atoms with E-state index in [0.717, 1.165) is 0 Å². The third-order valence-corrected chi connectivity index (χ3v) is 2.84. The van der Waals surface area contributed by atoms with Crippen LogP contribution in [0.3, 0.4) is 0 Å². The number of phenolic OH excluding ortho intramolecular Hbond substituents is 1. The zero-order valence-electron chi connectivity index (χ0n) is 11.4. The summed E-state index contributed by atoms with van der Waals surface area (Å²) in [6.07, 6.45) is 1.53. The molecule has 104 valence electrons. The summed E-state index contributed by atoms with van der Waals surface area (Å²) in [6, 6.07) is 8.24. The molecule has 5 nitrogen and oxygen atoms in total. The average molecular weight is 272 g/mol. The van der Waals surface area contributed by atoms with Crippen molar-refractivity contribution >= 4 is 11.6 Å². The Morgan fingerprint density at radius 2 is 2.15 bits per heavy atom. The molecular formula is C15H16N2O3. The van der Waals surface area contributed by atoms with Crippen LogP contribution in [0, 0.1) is 6.92 Å². The van der Waals surface area contributed by atoms with Gasteiger partial charge in [-0.3, -0.25) is 4.79 Å². The minimum atomic E-state index is -0.288. The minimum Gasteiger partial charge on any atom is -0.508 e. The van der Waals surface area contributed by atoms with Crippen LogP contribution in [0.5, 0.6) is 11.6 Å². The zero-order chi connectivity index (χ0) is 14.5. The van der Waals surface area contributed by atoms with Crippen molar-refractivity contribution in [1.82, 2.24) is 4.98 Å². The standard InChI is InChI=1S/C15H16N2O3/c1-3-20-14-8-7-11(9-16-14)17-15(19)12-5-4-6-13(18)10(12)2/h4-9,18H,3H2,1-2H3,(H,17,19). The highest BCUT2D eigenvalue weighted by Gasteiger charge is 2.11. The van der Waals surface area contributed by atoms with Crippen LogP contribution in [0.15, 0.2) is 36.5 Å². The number of carbonyl (C=O) groups is 1. The van der Waals surface area contributed by atoms with Crippen molar-refractivity contribution in [2.45, 2.75) is 13.8 Å². The second kappa shape index (κ2) is 6.06. The molecule has 1 heterocycles. The molecule has 0 fully saturated rings. The molecular weight excluding hydrogens is 256 g/mol. The molecule has 0 aliphatic heterocycles. The summed E-state index contributed by atoms with van der Waals surface area (Å²) in [4.78, 5) is 16.2. The van der Waals surface area contributed by atoms with Gasteiger partial charge in [0.15, 0.2) is 0 Å². The maximum atomic E-state index is 12.1. The van der Waals surface area contributed by atoms with Gasteiger partial charge < -0.3 is 15.2 Å². The number of anilines is 1. The largest absolute Gasteiger partial charge is 0.508 e. The second-order valence-electron chi connectivity index (χ2n) is 4.22. The average Bonchev–Trinajstić information content (AvgIpc) is 2.44. The Bertz CT molecular complexity index is 609. The van der Waals surface area contributed by atoms with Gasteiger partial charge in [0.25, 0.3) is 5.91 Å². The Morgan fingerprint density at radius 1 is 1.35 bits per heavy atom. The lowest BCUT2D eigenvalue weighted by Gasteiger charge is -2.09. The summed E-state index contributed by atoms with van der Waals surface area (Å²) in [5, 5.41) is 12.3. The van der Waals surface area contributed by atoms with Crippen molar-refractivity contribution in [3.63, 3.8) is 0 Å². The van der Waals surface area contributed by atoms with E-state index in [0.29, 0.717) is 29.3 Å². The quantitative estimate of drug-likeness (QED) is 0.897. The van der Waals surface area contributed by atoms with Gasteiger partial charge in [-0.1, -0.05) is 6.07 Å². The summed E-state index contributed by atoms with van der Waals surface area (Å²) in [5.41, 5.74) is 1.55. The van der Waals surface area contributed by atoms with Gasteiger partial charge in [-0.2, -0.15) is 0 Å². The molecule has 0 unspecified atom stereocenters. The summed E-state index contributed by atoms with van der Waals surface area (Å²) in [6.45, 7) is 4.11. The van der Waals surface area contributed by atoms with Crippen LogP contribution in [0.1, 0.15) is 22.8 Å². The molecule has 0 radical (unpaired) electrons. The van der Waals surface area contributed by atoms with Gasteiger partial charge in [-0.05, 0) is 32.0 Å². The van der Waals surface area contributed by atoms with Crippen molar-refractivity contribution in [3.8, 4) is 11.6 Å². The Labute approximate surface area is 117 Å². The van der Waals surface area contributed by atoms with Crippen LogP contribution < -0.4 is 10.1 Å². The number of aromatic nitrogens is 1. The van der Waals surface area contributed by atoms with E-state index in [4.69, 9.17) is 4.74 Å². The summed E-state index contributed by atoms with van der Waals surface area (Å²) in [7, 11) is 0. The number of pyridine rings is 1. The maximum Gasteiger partial charge on any atom is 0.256 e. The zero-order valence-corrected chi connectivity index (χ0v) is 11.4. The normalized spacial score (nSPS) is 10.1. The van der Waals surface area contributed by atoms with E-state index in [-0.39, 0.29) is 11.7 Å². The Kier molecular flexibility index (Phi) is 4.20. The van der Waals surface area contributed by atoms with Gasteiger partial charge in [0.1, 0.15) is 5.75 Å². The third-order valence-electron chi connectivity index (χ3n) is 2.84. The van der Waals surface area contributed by atoms with Crippen LogP contribution in [0.2, 0.25) is 0 Å². The number of phenols is 1. The number of amides is 1. The van der Waals surface area contributed by atoms with Crippen molar-refractivity contribution < 1.29 is 14.6 Å². The molecule has 2 aromatic rings. The van der Waals surface area contributed by atoms with Crippen LogP contribution in [-0.2, 0) is 0 Å². The fraction of sp³-hybridized carbons (Fsp3) is 0.200. The Balaban J connectivity index is 2.13. The first-order valence-electron chi connectivity index (χ1n) is 6.30. The predicted octanol–water partition coefficient (Wildman–Crippen LogP) is 2.75. The number of rotatable bonds is 4. The predicted molar refractivity (Wildman–Crippen MR) is 76.2 cm³/mol. The summed E-state index contributed by atoms with van der Waals surface area (Å²) < 4.78 is 5.23. The molecule has 20 heavy (non-hydrogen) atoms. The number of aromatic hydroxyl groups is 1. The van der Waals surface area contributed by atoms with Gasteiger partial charge in [-0.15, -0.1) is 0 Å². The fourth-order valence-electron chi connectivity index (χ4n) is 1.76. The van der Waals surface area contributed by atoms with Crippen LogP contribution in [-0.4, -0.2) is 22.6 Å². The number of hydrogen-bond donors (Lipinski definition) is 2. The second-order valence-corrected chi connectivity index (χ2v) is 4.22. The highest BCUT2D eigenvalue weighted by atomic mass is 16.5.